The molecular weight excluding hydrogens is 278 g/mol. The first-order valence-corrected chi connectivity index (χ1v) is 7.97. The van der Waals surface area contributed by atoms with Crippen molar-refractivity contribution in [1.82, 2.24) is 4.90 Å². The Hall–Kier alpha value is -1.39. The summed E-state index contributed by atoms with van der Waals surface area (Å²) in [5, 5.41) is 19.4. The molecule has 22 heavy (non-hydrogen) atoms. The number of carbonyl (C=O) groups is 1. The van der Waals surface area contributed by atoms with Gasteiger partial charge in [-0.3, -0.25) is 4.79 Å². The molecular formula is C18H29NO3. The Labute approximate surface area is 133 Å². The van der Waals surface area contributed by atoms with Crippen molar-refractivity contribution in [1.29, 1.82) is 0 Å². The molecule has 0 fully saturated rings. The molecule has 0 aliphatic rings. The normalized spacial score (nSPS) is 12.7. The predicted molar refractivity (Wildman–Crippen MR) is 89.3 cm³/mol. The summed E-state index contributed by atoms with van der Waals surface area (Å²) in [5.41, 5.74) is 5.76. The molecule has 0 spiro atoms. The Balaban J connectivity index is 2.77. The van der Waals surface area contributed by atoms with Gasteiger partial charge in [0.15, 0.2) is 0 Å². The summed E-state index contributed by atoms with van der Waals surface area (Å²) in [4.78, 5) is 12.7. The molecule has 0 aliphatic carbocycles. The van der Waals surface area contributed by atoms with Gasteiger partial charge in [0.25, 0.3) is 0 Å². The number of carboxylic acids is 1. The van der Waals surface area contributed by atoms with E-state index in [9.17, 15) is 9.90 Å². The van der Waals surface area contributed by atoms with Crippen LogP contribution in [0.4, 0.5) is 0 Å². The van der Waals surface area contributed by atoms with Crippen molar-refractivity contribution in [3.8, 4) is 0 Å². The van der Waals surface area contributed by atoms with Crippen LogP contribution < -0.4 is 0 Å². The van der Waals surface area contributed by atoms with E-state index in [1.165, 1.54) is 11.1 Å². The number of hydrogen-bond acceptors (Lipinski definition) is 3. The van der Waals surface area contributed by atoms with Crippen molar-refractivity contribution in [2.45, 2.75) is 53.6 Å². The maximum atomic E-state index is 10.7. The molecule has 1 atom stereocenters. The Kier molecular flexibility index (Phi) is 7.04. The van der Waals surface area contributed by atoms with Crippen LogP contribution in [0.1, 0.15) is 53.7 Å². The van der Waals surface area contributed by atoms with Gasteiger partial charge in [0.2, 0.25) is 0 Å². The van der Waals surface area contributed by atoms with Crippen molar-refractivity contribution in [2.75, 3.05) is 19.6 Å². The van der Waals surface area contributed by atoms with E-state index in [1.807, 2.05) is 6.92 Å². The minimum absolute atomic E-state index is 0.144. The molecule has 4 nitrogen and oxygen atoms in total. The third-order valence-electron chi connectivity index (χ3n) is 4.57. The molecule has 0 amide bonds. The molecule has 0 bridgehead atoms. The second kappa shape index (κ2) is 8.30. The topological polar surface area (TPSA) is 60.8 Å². The van der Waals surface area contributed by atoms with Crippen molar-refractivity contribution >= 4 is 5.97 Å². The highest BCUT2D eigenvalue weighted by Crippen LogP contribution is 2.29. The van der Waals surface area contributed by atoms with Crippen molar-refractivity contribution in [3.05, 3.63) is 33.9 Å². The average molecular weight is 307 g/mol. The molecule has 1 rings (SSSR count). The van der Waals surface area contributed by atoms with Gasteiger partial charge in [-0.25, -0.2) is 0 Å². The quantitative estimate of drug-likeness (QED) is 0.774. The van der Waals surface area contributed by atoms with Gasteiger partial charge >= 0.3 is 5.97 Å². The molecule has 0 aromatic heterocycles. The van der Waals surface area contributed by atoms with Crippen molar-refractivity contribution in [2.24, 2.45) is 0 Å². The lowest BCUT2D eigenvalue weighted by molar-refractivity contribution is -0.137. The maximum absolute atomic E-state index is 10.7. The number of aryl methyl sites for hydroxylation is 2. The molecule has 1 aromatic rings. The van der Waals surface area contributed by atoms with Gasteiger partial charge in [0.1, 0.15) is 0 Å². The van der Waals surface area contributed by atoms with Crippen LogP contribution >= 0.6 is 0 Å². The van der Waals surface area contributed by atoms with Crippen LogP contribution in [0, 0.1) is 27.7 Å². The molecule has 2 N–H and O–H groups in total. The van der Waals surface area contributed by atoms with Gasteiger partial charge in [0.05, 0.1) is 12.5 Å². The lowest BCUT2D eigenvalue weighted by Crippen LogP contribution is -2.28. The van der Waals surface area contributed by atoms with Gasteiger partial charge in [-0.2, -0.15) is 0 Å². The second-order valence-electron chi connectivity index (χ2n) is 6.06. The Morgan fingerprint density at radius 2 is 1.68 bits per heavy atom. The van der Waals surface area contributed by atoms with Gasteiger partial charge in [-0.15, -0.1) is 0 Å². The van der Waals surface area contributed by atoms with E-state index < -0.39 is 12.1 Å². The van der Waals surface area contributed by atoms with Gasteiger partial charge < -0.3 is 15.1 Å². The highest BCUT2D eigenvalue weighted by atomic mass is 16.4. The predicted octanol–water partition coefficient (Wildman–Crippen LogP) is 3.14. The number of benzene rings is 1. The average Bonchev–Trinajstić information content (AvgIpc) is 2.45. The standard InChI is InChI=1S/C18H29NO3/c1-6-19(10-8-17(21)22)9-7-16(20)18-14(4)12(2)11-13(3)15(18)5/h11,16,20H,6-10H2,1-5H3,(H,21,22). The van der Waals surface area contributed by atoms with E-state index in [1.54, 1.807) is 0 Å². The number of aliphatic hydroxyl groups is 1. The molecule has 1 unspecified atom stereocenters. The molecule has 0 radical (unpaired) electrons. The molecule has 0 saturated heterocycles. The second-order valence-corrected chi connectivity index (χ2v) is 6.06. The number of rotatable bonds is 8. The SMILES string of the molecule is CCN(CCC(=O)O)CCC(O)c1c(C)c(C)cc(C)c1C. The summed E-state index contributed by atoms with van der Waals surface area (Å²) < 4.78 is 0. The lowest BCUT2D eigenvalue weighted by atomic mass is 9.90. The van der Waals surface area contributed by atoms with E-state index in [4.69, 9.17) is 5.11 Å². The smallest absolute Gasteiger partial charge is 0.304 e. The number of nitrogens with zero attached hydrogens (tertiary/aromatic N) is 1. The lowest BCUT2D eigenvalue weighted by Gasteiger charge is -2.24. The molecule has 124 valence electrons. The fourth-order valence-electron chi connectivity index (χ4n) is 2.88. The minimum Gasteiger partial charge on any atom is -0.481 e. The van der Waals surface area contributed by atoms with Crippen LogP contribution in [0.2, 0.25) is 0 Å². The van der Waals surface area contributed by atoms with E-state index in [2.05, 4.69) is 38.7 Å². The van der Waals surface area contributed by atoms with Crippen molar-refractivity contribution in [3.63, 3.8) is 0 Å². The number of carboxylic acid groups (broad SMARTS) is 1. The van der Waals surface area contributed by atoms with Gasteiger partial charge in [0, 0.05) is 13.1 Å². The summed E-state index contributed by atoms with van der Waals surface area (Å²) >= 11 is 0. The van der Waals surface area contributed by atoms with E-state index in [-0.39, 0.29) is 6.42 Å². The molecule has 0 saturated carbocycles. The van der Waals surface area contributed by atoms with Crippen LogP contribution in [-0.4, -0.2) is 40.7 Å². The Bertz CT molecular complexity index is 499. The van der Waals surface area contributed by atoms with Crippen LogP contribution in [0.5, 0.6) is 0 Å². The molecule has 0 heterocycles. The van der Waals surface area contributed by atoms with Crippen LogP contribution in [-0.2, 0) is 4.79 Å². The minimum atomic E-state index is -0.778. The first kappa shape index (κ1) is 18.7. The maximum Gasteiger partial charge on any atom is 0.304 e. The van der Waals surface area contributed by atoms with E-state index in [0.29, 0.717) is 19.5 Å². The van der Waals surface area contributed by atoms with Gasteiger partial charge in [-0.05, 0) is 68.5 Å². The fraction of sp³-hybridized carbons (Fsp3) is 0.611. The first-order chi connectivity index (χ1) is 10.3. The molecule has 1 aromatic carbocycles. The zero-order valence-electron chi connectivity index (χ0n) is 14.4. The van der Waals surface area contributed by atoms with Crippen LogP contribution in [0.25, 0.3) is 0 Å². The van der Waals surface area contributed by atoms with Gasteiger partial charge in [-0.1, -0.05) is 13.0 Å². The molecule has 4 heteroatoms. The highest BCUT2D eigenvalue weighted by Gasteiger charge is 2.17. The summed E-state index contributed by atoms with van der Waals surface area (Å²) in [7, 11) is 0. The number of hydrogen-bond donors (Lipinski definition) is 2. The van der Waals surface area contributed by atoms with Crippen molar-refractivity contribution < 1.29 is 15.0 Å². The molecule has 0 aliphatic heterocycles. The van der Waals surface area contributed by atoms with Crippen LogP contribution in [0.3, 0.4) is 0 Å². The summed E-state index contributed by atoms with van der Waals surface area (Å²) in [6.45, 7) is 12.3. The largest absolute Gasteiger partial charge is 0.481 e. The fourth-order valence-corrected chi connectivity index (χ4v) is 2.88. The zero-order chi connectivity index (χ0) is 16.9. The summed E-state index contributed by atoms with van der Waals surface area (Å²) in [6, 6.07) is 2.16. The third-order valence-corrected chi connectivity index (χ3v) is 4.57. The van der Waals surface area contributed by atoms with E-state index in [0.717, 1.165) is 23.2 Å². The first-order valence-electron chi connectivity index (χ1n) is 7.97. The highest BCUT2D eigenvalue weighted by molar-refractivity contribution is 5.66. The summed E-state index contributed by atoms with van der Waals surface area (Å²) in [6.07, 6.45) is 0.265. The summed E-state index contributed by atoms with van der Waals surface area (Å²) in [5.74, 6) is -0.778. The van der Waals surface area contributed by atoms with Crippen LogP contribution in [0.15, 0.2) is 6.07 Å². The monoisotopic (exact) mass is 307 g/mol. The zero-order valence-corrected chi connectivity index (χ0v) is 14.4. The number of aliphatic carboxylic acids is 1. The Morgan fingerprint density at radius 3 is 2.14 bits per heavy atom. The van der Waals surface area contributed by atoms with E-state index >= 15 is 0 Å². The third kappa shape index (κ3) is 4.82. The Morgan fingerprint density at radius 1 is 1.14 bits per heavy atom. The number of aliphatic hydroxyl groups excluding tert-OH is 1.